The van der Waals surface area contributed by atoms with Gasteiger partial charge >= 0.3 is 0 Å². The van der Waals surface area contributed by atoms with Crippen LogP contribution in [-0.4, -0.2) is 15.0 Å². The number of nitrogens with zero attached hydrogens (tertiary/aromatic N) is 3. The molecule has 162 valence electrons. The molecule has 4 nitrogen and oxygen atoms in total. The summed E-state index contributed by atoms with van der Waals surface area (Å²) in [6.45, 7) is 1.83. The van der Waals surface area contributed by atoms with Gasteiger partial charge < -0.3 is 4.98 Å². The molecular weight excluding hydrogens is 413 g/mol. The summed E-state index contributed by atoms with van der Waals surface area (Å²) in [6.07, 6.45) is 5.02. The normalized spacial score (nSPS) is 20.8. The maximum atomic E-state index is 13.9. The number of pyridine rings is 1. The number of aromatic amines is 1. The molecule has 1 aliphatic rings. The van der Waals surface area contributed by atoms with E-state index < -0.39 is 17.0 Å². The molecule has 1 N–H and O–H groups in total. The van der Waals surface area contributed by atoms with Crippen LogP contribution < -0.4 is 0 Å². The minimum atomic E-state index is -0.962. The van der Waals surface area contributed by atoms with E-state index in [1.54, 1.807) is 12.3 Å². The Morgan fingerprint density at radius 1 is 1.00 bits per heavy atom. The van der Waals surface area contributed by atoms with Gasteiger partial charge in [-0.15, -0.1) is 0 Å². The lowest BCUT2D eigenvalue weighted by atomic mass is 9.67. The first-order chi connectivity index (χ1) is 15.4. The maximum Gasteiger partial charge on any atom is 0.161 e. The van der Waals surface area contributed by atoms with E-state index in [-0.39, 0.29) is 17.7 Å². The number of nitriles is 1. The average Bonchev–Trinajstić information content (AvgIpc) is 3.21. The molecule has 0 amide bonds. The van der Waals surface area contributed by atoms with E-state index in [2.05, 4.69) is 21.0 Å². The summed E-state index contributed by atoms with van der Waals surface area (Å²) in [6, 6.07) is 11.1. The third-order valence-corrected chi connectivity index (χ3v) is 6.97. The molecule has 1 atom stereocenters. The lowest BCUT2D eigenvalue weighted by Gasteiger charge is -2.36. The highest BCUT2D eigenvalue weighted by molar-refractivity contribution is 5.82. The van der Waals surface area contributed by atoms with Crippen molar-refractivity contribution in [3.63, 3.8) is 0 Å². The van der Waals surface area contributed by atoms with Crippen LogP contribution in [-0.2, 0) is 5.41 Å². The summed E-state index contributed by atoms with van der Waals surface area (Å²) in [4.78, 5) is 11.8. The fraction of sp³-hybridized carbons (Fsp3) is 0.320. The van der Waals surface area contributed by atoms with Gasteiger partial charge in [-0.3, -0.25) is 4.98 Å². The highest BCUT2D eigenvalue weighted by Crippen LogP contribution is 2.45. The Labute approximate surface area is 183 Å². The van der Waals surface area contributed by atoms with Crippen molar-refractivity contribution < 1.29 is 13.2 Å². The lowest BCUT2D eigenvalue weighted by molar-refractivity contribution is 0.242. The number of H-pyrrole nitrogens is 1. The third-order valence-electron chi connectivity index (χ3n) is 6.97. The van der Waals surface area contributed by atoms with Crippen LogP contribution in [0.25, 0.3) is 21.9 Å². The predicted molar refractivity (Wildman–Crippen MR) is 115 cm³/mol. The maximum absolute atomic E-state index is 13.9. The summed E-state index contributed by atoms with van der Waals surface area (Å²) < 4.78 is 41.1. The summed E-state index contributed by atoms with van der Waals surface area (Å²) >= 11 is 0. The largest absolute Gasteiger partial charge is 0.341 e. The van der Waals surface area contributed by atoms with E-state index in [4.69, 9.17) is 0 Å². The van der Waals surface area contributed by atoms with Crippen LogP contribution in [0.3, 0.4) is 0 Å². The van der Waals surface area contributed by atoms with Crippen molar-refractivity contribution in [2.45, 2.75) is 43.9 Å². The Morgan fingerprint density at radius 3 is 2.50 bits per heavy atom. The molecule has 0 radical (unpaired) electrons. The van der Waals surface area contributed by atoms with Crippen molar-refractivity contribution in [1.82, 2.24) is 15.0 Å². The van der Waals surface area contributed by atoms with Crippen LogP contribution >= 0.6 is 0 Å². The molecule has 2 aromatic carbocycles. The first-order valence-electron chi connectivity index (χ1n) is 10.7. The number of benzene rings is 2. The van der Waals surface area contributed by atoms with Crippen molar-refractivity contribution in [2.75, 3.05) is 0 Å². The summed E-state index contributed by atoms with van der Waals surface area (Å²) in [5.74, 6) is -1.48. The van der Waals surface area contributed by atoms with E-state index >= 15 is 0 Å². The molecule has 4 aromatic rings. The number of fused-ring (bicyclic) bond motifs is 2. The van der Waals surface area contributed by atoms with Crippen LogP contribution in [0.2, 0.25) is 0 Å². The topological polar surface area (TPSA) is 65.4 Å². The van der Waals surface area contributed by atoms with E-state index in [1.165, 1.54) is 12.1 Å². The molecule has 7 heteroatoms. The number of imidazole rings is 1. The van der Waals surface area contributed by atoms with Crippen molar-refractivity contribution in [2.24, 2.45) is 5.92 Å². The molecule has 0 saturated heterocycles. The molecule has 1 saturated carbocycles. The molecule has 2 aromatic heterocycles. The number of nitrogens with one attached hydrogen (secondary N) is 1. The third kappa shape index (κ3) is 3.31. The minimum Gasteiger partial charge on any atom is -0.341 e. The number of rotatable bonds is 3. The summed E-state index contributed by atoms with van der Waals surface area (Å²) in [5, 5.41) is 10.9. The fourth-order valence-electron chi connectivity index (χ4n) is 5.07. The second-order valence-electron chi connectivity index (χ2n) is 8.79. The Kier molecular flexibility index (Phi) is 4.89. The molecule has 1 unspecified atom stereocenters. The van der Waals surface area contributed by atoms with Gasteiger partial charge in [0, 0.05) is 23.7 Å². The number of halogens is 3. The molecule has 0 bridgehead atoms. The molecule has 1 aliphatic carbocycles. The summed E-state index contributed by atoms with van der Waals surface area (Å²) in [7, 11) is 0. The molecule has 0 spiro atoms. The molecule has 1 fully saturated rings. The van der Waals surface area contributed by atoms with Gasteiger partial charge in [0.25, 0.3) is 0 Å². The first kappa shape index (κ1) is 20.5. The molecule has 5 rings (SSSR count). The van der Waals surface area contributed by atoms with Gasteiger partial charge in [0.15, 0.2) is 11.6 Å². The second-order valence-corrected chi connectivity index (χ2v) is 8.79. The number of hydrogen-bond acceptors (Lipinski definition) is 3. The zero-order valence-electron chi connectivity index (χ0n) is 17.5. The average molecular weight is 434 g/mol. The van der Waals surface area contributed by atoms with Gasteiger partial charge in [0.1, 0.15) is 17.1 Å². The number of aromatic nitrogens is 3. The monoisotopic (exact) mass is 434 g/mol. The first-order valence-corrected chi connectivity index (χ1v) is 10.7. The van der Waals surface area contributed by atoms with Gasteiger partial charge in [0.05, 0.1) is 22.6 Å². The molecular formula is C25H21F3N4. The Bertz CT molecular complexity index is 1330. The van der Waals surface area contributed by atoms with Gasteiger partial charge in [-0.05, 0) is 74.3 Å². The predicted octanol–water partition coefficient (Wildman–Crippen LogP) is 6.28. The van der Waals surface area contributed by atoms with Gasteiger partial charge in [-0.25, -0.2) is 18.2 Å². The SMILES string of the molecule is CC(C#N)(c1nc2cc(F)c(F)cc2[nH]1)C1CCC(c2ccnc3ccc(F)cc23)CC1. The highest BCUT2D eigenvalue weighted by atomic mass is 19.2. The highest BCUT2D eigenvalue weighted by Gasteiger charge is 2.41. The smallest absolute Gasteiger partial charge is 0.161 e. The lowest BCUT2D eigenvalue weighted by Crippen LogP contribution is -2.34. The van der Waals surface area contributed by atoms with Gasteiger partial charge in [-0.1, -0.05) is 0 Å². The zero-order chi connectivity index (χ0) is 22.5. The standard InChI is InChI=1S/C25H21F3N4/c1-25(13-29,24-31-22-11-19(27)20(28)12-23(22)32-24)15-4-2-14(3-5-15)17-8-9-30-21-7-6-16(26)10-18(17)21/h6-12,14-15H,2-5H2,1H3,(H,31,32). The molecule has 2 heterocycles. The van der Waals surface area contributed by atoms with Crippen molar-refractivity contribution >= 4 is 21.9 Å². The Hall–Kier alpha value is -3.40. The van der Waals surface area contributed by atoms with E-state index in [1.807, 2.05) is 13.0 Å². The minimum absolute atomic E-state index is 0.0313. The molecule has 0 aliphatic heterocycles. The van der Waals surface area contributed by atoms with E-state index in [9.17, 15) is 18.4 Å². The van der Waals surface area contributed by atoms with Crippen LogP contribution in [0, 0.1) is 34.7 Å². The van der Waals surface area contributed by atoms with E-state index in [0.29, 0.717) is 16.9 Å². The Balaban J connectivity index is 1.42. The zero-order valence-corrected chi connectivity index (χ0v) is 17.5. The van der Waals surface area contributed by atoms with Gasteiger partial charge in [-0.2, -0.15) is 5.26 Å². The quantitative estimate of drug-likeness (QED) is 0.412. The number of hydrogen-bond donors (Lipinski definition) is 1. The van der Waals surface area contributed by atoms with Crippen molar-refractivity contribution in [1.29, 1.82) is 5.26 Å². The van der Waals surface area contributed by atoms with Crippen LogP contribution in [0.1, 0.15) is 49.9 Å². The Morgan fingerprint density at radius 2 is 1.75 bits per heavy atom. The van der Waals surface area contributed by atoms with Crippen LogP contribution in [0.15, 0.2) is 42.6 Å². The van der Waals surface area contributed by atoms with Crippen molar-refractivity contribution in [3.8, 4) is 6.07 Å². The fourth-order valence-corrected chi connectivity index (χ4v) is 5.07. The summed E-state index contributed by atoms with van der Waals surface area (Å²) in [5.41, 5.74) is 1.62. The van der Waals surface area contributed by atoms with Gasteiger partial charge in [0.2, 0.25) is 0 Å². The van der Waals surface area contributed by atoms with E-state index in [0.717, 1.165) is 54.3 Å². The van der Waals surface area contributed by atoms with Crippen molar-refractivity contribution in [3.05, 3.63) is 71.4 Å². The second kappa shape index (κ2) is 7.63. The molecule has 32 heavy (non-hydrogen) atoms. The van der Waals surface area contributed by atoms with Crippen LogP contribution in [0.5, 0.6) is 0 Å². The van der Waals surface area contributed by atoms with Crippen LogP contribution in [0.4, 0.5) is 13.2 Å².